The van der Waals surface area contributed by atoms with Crippen molar-refractivity contribution >= 4 is 16.9 Å². The molecule has 0 saturated carbocycles. The predicted octanol–water partition coefficient (Wildman–Crippen LogP) is 2.50. The van der Waals surface area contributed by atoms with E-state index < -0.39 is 0 Å². The van der Waals surface area contributed by atoms with Crippen molar-refractivity contribution in [1.82, 2.24) is 30.0 Å². The number of nitrogens with one attached hydrogen (secondary N) is 2. The third-order valence-corrected chi connectivity index (χ3v) is 4.52. The Morgan fingerprint density at radius 1 is 1.08 bits per heavy atom. The van der Waals surface area contributed by atoms with Gasteiger partial charge in [0.2, 0.25) is 0 Å². The highest BCUT2D eigenvalue weighted by atomic mass is 16.2. The molecule has 0 atom stereocenters. The zero-order chi connectivity index (χ0) is 16.8. The first-order valence-electron chi connectivity index (χ1n) is 7.98. The Morgan fingerprint density at radius 3 is 2.96 bits per heavy atom. The van der Waals surface area contributed by atoms with Crippen molar-refractivity contribution in [3.05, 3.63) is 66.0 Å². The van der Waals surface area contributed by atoms with Crippen molar-refractivity contribution in [2.24, 2.45) is 0 Å². The number of pyridine rings is 2. The van der Waals surface area contributed by atoms with Crippen molar-refractivity contribution in [3.63, 3.8) is 0 Å². The second kappa shape index (κ2) is 5.27. The number of H-pyrrole nitrogens is 2. The van der Waals surface area contributed by atoms with E-state index in [-0.39, 0.29) is 5.91 Å². The number of carbonyl (C=O) groups excluding carboxylic acids is 1. The fourth-order valence-electron chi connectivity index (χ4n) is 3.19. The molecule has 25 heavy (non-hydrogen) atoms. The van der Waals surface area contributed by atoms with E-state index in [9.17, 15) is 4.79 Å². The summed E-state index contributed by atoms with van der Waals surface area (Å²) >= 11 is 0. The lowest BCUT2D eigenvalue weighted by atomic mass is 10.1. The predicted molar refractivity (Wildman–Crippen MR) is 91.5 cm³/mol. The Bertz CT molecular complexity index is 1080. The molecule has 1 amide bonds. The lowest BCUT2D eigenvalue weighted by Gasteiger charge is -2.15. The SMILES string of the molecule is O=C(c1cc(-c2cnc3[nH]ccc3c2)ccn1)N1Cc2cn[nH]c2C1. The maximum Gasteiger partial charge on any atom is 0.273 e. The fourth-order valence-corrected chi connectivity index (χ4v) is 3.19. The highest BCUT2D eigenvalue weighted by Crippen LogP contribution is 2.25. The molecule has 2 N–H and O–H groups in total. The van der Waals surface area contributed by atoms with E-state index >= 15 is 0 Å². The molecular weight excluding hydrogens is 316 g/mol. The molecule has 4 aromatic heterocycles. The van der Waals surface area contributed by atoms with Crippen molar-refractivity contribution < 1.29 is 4.79 Å². The molecule has 1 aliphatic rings. The van der Waals surface area contributed by atoms with Gasteiger partial charge in [-0.25, -0.2) is 4.98 Å². The van der Waals surface area contributed by atoms with Crippen LogP contribution in [0.1, 0.15) is 21.7 Å². The summed E-state index contributed by atoms with van der Waals surface area (Å²) in [5, 5.41) is 7.96. The molecule has 0 spiro atoms. The van der Waals surface area contributed by atoms with Crippen LogP contribution < -0.4 is 0 Å². The Labute approximate surface area is 142 Å². The maximum absolute atomic E-state index is 12.8. The molecule has 5 heterocycles. The number of carbonyl (C=O) groups is 1. The third-order valence-electron chi connectivity index (χ3n) is 4.52. The smallest absolute Gasteiger partial charge is 0.273 e. The first-order chi connectivity index (χ1) is 12.3. The molecule has 0 radical (unpaired) electrons. The standard InChI is InChI=1S/C18H14N6O/c25-18(24-9-14-8-22-23-16(14)10-24)15-6-11(1-3-19-15)13-5-12-2-4-20-17(12)21-7-13/h1-8H,9-10H2,(H,20,21)(H,22,23). The molecule has 4 aromatic rings. The Morgan fingerprint density at radius 2 is 2.04 bits per heavy atom. The average molecular weight is 330 g/mol. The highest BCUT2D eigenvalue weighted by Gasteiger charge is 2.26. The van der Waals surface area contributed by atoms with Crippen LogP contribution in [0, 0.1) is 0 Å². The first-order valence-corrected chi connectivity index (χ1v) is 7.98. The summed E-state index contributed by atoms with van der Waals surface area (Å²) in [7, 11) is 0. The minimum atomic E-state index is -0.0814. The zero-order valence-electron chi connectivity index (χ0n) is 13.2. The Hall–Kier alpha value is -3.48. The van der Waals surface area contributed by atoms with Gasteiger partial charge < -0.3 is 9.88 Å². The molecule has 0 unspecified atom stereocenters. The number of aromatic nitrogens is 5. The van der Waals surface area contributed by atoms with Crippen LogP contribution in [0.25, 0.3) is 22.2 Å². The monoisotopic (exact) mass is 330 g/mol. The summed E-state index contributed by atoms with van der Waals surface area (Å²) in [6.45, 7) is 1.10. The van der Waals surface area contributed by atoms with E-state index in [1.807, 2.05) is 24.4 Å². The van der Waals surface area contributed by atoms with Gasteiger partial charge in [-0.2, -0.15) is 5.10 Å². The van der Waals surface area contributed by atoms with Gasteiger partial charge in [-0.3, -0.25) is 14.9 Å². The van der Waals surface area contributed by atoms with Gasteiger partial charge in [0.15, 0.2) is 0 Å². The highest BCUT2D eigenvalue weighted by molar-refractivity contribution is 5.94. The largest absolute Gasteiger partial charge is 0.346 e. The van der Waals surface area contributed by atoms with Gasteiger partial charge in [-0.15, -0.1) is 0 Å². The minimum absolute atomic E-state index is 0.0814. The van der Waals surface area contributed by atoms with E-state index in [1.54, 1.807) is 23.5 Å². The Balaban J connectivity index is 1.46. The summed E-state index contributed by atoms with van der Waals surface area (Å²) in [4.78, 5) is 26.3. The number of hydrogen-bond acceptors (Lipinski definition) is 4. The van der Waals surface area contributed by atoms with Crippen molar-refractivity contribution in [2.45, 2.75) is 13.1 Å². The second-order valence-corrected chi connectivity index (χ2v) is 6.10. The van der Waals surface area contributed by atoms with Gasteiger partial charge in [-0.05, 0) is 29.8 Å². The molecule has 0 aromatic carbocycles. The van der Waals surface area contributed by atoms with Crippen LogP contribution in [0.3, 0.4) is 0 Å². The molecule has 0 saturated heterocycles. The van der Waals surface area contributed by atoms with Gasteiger partial charge in [0.25, 0.3) is 5.91 Å². The first kappa shape index (κ1) is 13.9. The molecule has 5 rings (SSSR count). The van der Waals surface area contributed by atoms with Gasteiger partial charge in [0.05, 0.1) is 18.4 Å². The van der Waals surface area contributed by atoms with Crippen LogP contribution in [0.5, 0.6) is 0 Å². The van der Waals surface area contributed by atoms with E-state index in [0.717, 1.165) is 33.4 Å². The van der Waals surface area contributed by atoms with Gasteiger partial charge in [-0.1, -0.05) is 0 Å². The number of nitrogens with zero attached hydrogens (tertiary/aromatic N) is 4. The summed E-state index contributed by atoms with van der Waals surface area (Å²) in [5.74, 6) is -0.0814. The quantitative estimate of drug-likeness (QED) is 0.591. The van der Waals surface area contributed by atoms with Gasteiger partial charge in [0, 0.05) is 41.6 Å². The van der Waals surface area contributed by atoms with Gasteiger partial charge >= 0.3 is 0 Å². The Kier molecular flexibility index (Phi) is 2.93. The molecule has 7 nitrogen and oxygen atoms in total. The van der Waals surface area contributed by atoms with Crippen LogP contribution in [0.2, 0.25) is 0 Å². The molecule has 122 valence electrons. The van der Waals surface area contributed by atoms with Crippen molar-refractivity contribution in [3.8, 4) is 11.1 Å². The summed E-state index contributed by atoms with van der Waals surface area (Å²) in [6, 6.07) is 7.74. The van der Waals surface area contributed by atoms with Gasteiger partial charge in [0.1, 0.15) is 11.3 Å². The average Bonchev–Trinajstić information content (AvgIpc) is 3.36. The lowest BCUT2D eigenvalue weighted by Crippen LogP contribution is -2.26. The van der Waals surface area contributed by atoms with E-state index in [1.165, 1.54) is 0 Å². The van der Waals surface area contributed by atoms with E-state index in [4.69, 9.17) is 0 Å². The molecular formula is C18H14N6O. The van der Waals surface area contributed by atoms with Crippen LogP contribution in [0.4, 0.5) is 0 Å². The van der Waals surface area contributed by atoms with Crippen LogP contribution in [-0.2, 0) is 13.1 Å². The summed E-state index contributed by atoms with van der Waals surface area (Å²) < 4.78 is 0. The molecule has 7 heteroatoms. The minimum Gasteiger partial charge on any atom is -0.346 e. The number of amides is 1. The number of hydrogen-bond donors (Lipinski definition) is 2. The third kappa shape index (κ3) is 2.28. The zero-order valence-corrected chi connectivity index (χ0v) is 13.2. The molecule has 0 fully saturated rings. The summed E-state index contributed by atoms with van der Waals surface area (Å²) in [6.07, 6.45) is 7.10. The van der Waals surface area contributed by atoms with E-state index in [2.05, 4.69) is 31.2 Å². The van der Waals surface area contributed by atoms with E-state index in [0.29, 0.717) is 18.8 Å². The van der Waals surface area contributed by atoms with Crippen LogP contribution in [0.15, 0.2) is 49.1 Å². The summed E-state index contributed by atoms with van der Waals surface area (Å²) in [5.41, 5.74) is 5.22. The number of fused-ring (bicyclic) bond motifs is 2. The van der Waals surface area contributed by atoms with Crippen molar-refractivity contribution in [2.75, 3.05) is 0 Å². The lowest BCUT2D eigenvalue weighted by molar-refractivity contribution is 0.0743. The topological polar surface area (TPSA) is 90.6 Å². The number of rotatable bonds is 2. The normalized spacial score (nSPS) is 13.4. The molecule has 0 aliphatic carbocycles. The molecule has 0 bridgehead atoms. The molecule has 1 aliphatic heterocycles. The van der Waals surface area contributed by atoms with Crippen LogP contribution in [-0.4, -0.2) is 36.0 Å². The van der Waals surface area contributed by atoms with Crippen LogP contribution >= 0.6 is 0 Å². The maximum atomic E-state index is 12.8. The van der Waals surface area contributed by atoms with Crippen molar-refractivity contribution in [1.29, 1.82) is 0 Å². The number of aromatic amines is 2. The second-order valence-electron chi connectivity index (χ2n) is 6.10. The fraction of sp³-hybridized carbons (Fsp3) is 0.111.